The van der Waals surface area contributed by atoms with Crippen LogP contribution in [0.15, 0.2) is 18.3 Å². The molecule has 0 saturated carbocycles. The maximum absolute atomic E-state index is 12.1. The molecule has 5 nitrogen and oxygen atoms in total. The predicted molar refractivity (Wildman–Crippen MR) is 67.9 cm³/mol. The molecule has 1 amide bonds. The van der Waals surface area contributed by atoms with Gasteiger partial charge in [-0.25, -0.2) is 4.98 Å². The molecule has 1 saturated heterocycles. The number of nitrogens with one attached hydrogen (secondary N) is 1. The van der Waals surface area contributed by atoms with Crippen LogP contribution in [0.25, 0.3) is 0 Å². The molecule has 5 heteroatoms. The fraction of sp³-hybridized carbons (Fsp3) is 0.462. The zero-order valence-corrected chi connectivity index (χ0v) is 10.4. The molecule has 1 aliphatic heterocycles. The highest BCUT2D eigenvalue weighted by atomic mass is 16.2. The minimum atomic E-state index is -0.315. The second-order valence-electron chi connectivity index (χ2n) is 4.44. The van der Waals surface area contributed by atoms with E-state index < -0.39 is 0 Å². The highest BCUT2D eigenvalue weighted by Crippen LogP contribution is 2.12. The number of pyridine rings is 1. The number of nitrogens with zero attached hydrogens (tertiary/aromatic N) is 3. The quantitative estimate of drug-likeness (QED) is 0.872. The van der Waals surface area contributed by atoms with Crippen LogP contribution in [-0.2, 0) is 4.79 Å². The van der Waals surface area contributed by atoms with Crippen LogP contribution in [-0.4, -0.2) is 34.9 Å². The van der Waals surface area contributed by atoms with Gasteiger partial charge < -0.3 is 10.2 Å². The molecule has 1 fully saturated rings. The van der Waals surface area contributed by atoms with Crippen molar-refractivity contribution in [3.63, 3.8) is 0 Å². The Morgan fingerprint density at radius 2 is 2.28 bits per heavy atom. The van der Waals surface area contributed by atoms with Crippen molar-refractivity contribution < 1.29 is 4.79 Å². The maximum Gasteiger partial charge on any atom is 0.244 e. The van der Waals surface area contributed by atoms with Gasteiger partial charge in [0.05, 0.1) is 11.6 Å². The van der Waals surface area contributed by atoms with Crippen molar-refractivity contribution in [1.82, 2.24) is 9.88 Å². The Kier molecular flexibility index (Phi) is 3.78. The highest BCUT2D eigenvalue weighted by molar-refractivity contribution is 5.84. The van der Waals surface area contributed by atoms with E-state index in [0.29, 0.717) is 11.4 Å². The maximum atomic E-state index is 12.1. The Balaban J connectivity index is 1.99. The molecule has 0 aromatic carbocycles. The number of likely N-dealkylation sites (tertiary alicyclic amines) is 1. The number of hydrogen-bond donors (Lipinski definition) is 1. The van der Waals surface area contributed by atoms with E-state index >= 15 is 0 Å². The highest BCUT2D eigenvalue weighted by Gasteiger charge is 2.23. The first kappa shape index (κ1) is 12.4. The number of amides is 1. The number of hydrogen-bond acceptors (Lipinski definition) is 4. The Hall–Kier alpha value is -2.09. The van der Waals surface area contributed by atoms with Gasteiger partial charge in [0.2, 0.25) is 5.91 Å². The Morgan fingerprint density at radius 1 is 1.56 bits per heavy atom. The Bertz CT molecular complexity index is 474. The molecule has 1 N–H and O–H groups in total. The van der Waals surface area contributed by atoms with Crippen LogP contribution >= 0.6 is 0 Å². The van der Waals surface area contributed by atoms with Crippen molar-refractivity contribution in [2.75, 3.05) is 18.4 Å². The smallest absolute Gasteiger partial charge is 0.244 e. The second kappa shape index (κ2) is 5.50. The van der Waals surface area contributed by atoms with Gasteiger partial charge in [-0.3, -0.25) is 4.79 Å². The van der Waals surface area contributed by atoms with Crippen LogP contribution in [0.4, 0.5) is 5.82 Å². The van der Waals surface area contributed by atoms with Crippen LogP contribution in [0.1, 0.15) is 25.3 Å². The molecule has 2 heterocycles. The lowest BCUT2D eigenvalue weighted by Crippen LogP contribution is -2.39. The summed E-state index contributed by atoms with van der Waals surface area (Å²) in [5, 5.41) is 11.8. The van der Waals surface area contributed by atoms with Crippen LogP contribution in [0.5, 0.6) is 0 Å². The summed E-state index contributed by atoms with van der Waals surface area (Å²) in [7, 11) is 0. The number of carbonyl (C=O) groups excluding carboxylic acids is 1. The van der Waals surface area contributed by atoms with Crippen LogP contribution < -0.4 is 5.32 Å². The number of carbonyl (C=O) groups is 1. The lowest BCUT2D eigenvalue weighted by atomic mass is 10.2. The van der Waals surface area contributed by atoms with Gasteiger partial charge in [0.25, 0.3) is 0 Å². The SMILES string of the molecule is CC(Nc1cc(C#N)ccn1)C(=O)N1CCCC1. The second-order valence-corrected chi connectivity index (χ2v) is 4.44. The summed E-state index contributed by atoms with van der Waals surface area (Å²) in [6.07, 6.45) is 3.73. The Morgan fingerprint density at radius 3 is 2.94 bits per heavy atom. The number of aromatic nitrogens is 1. The lowest BCUT2D eigenvalue weighted by Gasteiger charge is -2.21. The molecule has 0 radical (unpaired) electrons. The van der Waals surface area contributed by atoms with Crippen LogP contribution in [0.2, 0.25) is 0 Å². The van der Waals surface area contributed by atoms with E-state index in [-0.39, 0.29) is 11.9 Å². The largest absolute Gasteiger partial charge is 0.359 e. The summed E-state index contributed by atoms with van der Waals surface area (Å²) in [6.45, 7) is 3.51. The van der Waals surface area contributed by atoms with Crippen molar-refractivity contribution in [1.29, 1.82) is 5.26 Å². The van der Waals surface area contributed by atoms with Crippen LogP contribution in [0.3, 0.4) is 0 Å². The van der Waals surface area contributed by atoms with Gasteiger partial charge in [0, 0.05) is 19.3 Å². The molecular weight excluding hydrogens is 228 g/mol. The van der Waals surface area contributed by atoms with Crippen molar-refractivity contribution in [3.05, 3.63) is 23.9 Å². The summed E-state index contributed by atoms with van der Waals surface area (Å²) in [4.78, 5) is 18.0. The van der Waals surface area contributed by atoms with Crippen molar-refractivity contribution in [3.8, 4) is 6.07 Å². The molecule has 2 rings (SSSR count). The van der Waals surface area contributed by atoms with Gasteiger partial charge in [-0.15, -0.1) is 0 Å². The van der Waals surface area contributed by atoms with E-state index in [9.17, 15) is 4.79 Å². The van der Waals surface area contributed by atoms with Gasteiger partial charge in [-0.2, -0.15) is 5.26 Å². The van der Waals surface area contributed by atoms with Crippen molar-refractivity contribution in [2.45, 2.75) is 25.8 Å². The zero-order chi connectivity index (χ0) is 13.0. The number of rotatable bonds is 3. The standard InChI is InChI=1S/C13H16N4O/c1-10(13(18)17-6-2-3-7-17)16-12-8-11(9-14)4-5-15-12/h4-5,8,10H,2-3,6-7H2,1H3,(H,15,16). The van der Waals surface area contributed by atoms with E-state index in [1.807, 2.05) is 17.9 Å². The molecule has 0 aliphatic carbocycles. The van der Waals surface area contributed by atoms with Gasteiger partial charge >= 0.3 is 0 Å². The molecule has 1 aliphatic rings. The first-order valence-corrected chi connectivity index (χ1v) is 6.12. The molecule has 18 heavy (non-hydrogen) atoms. The number of anilines is 1. The molecule has 0 spiro atoms. The fourth-order valence-corrected chi connectivity index (χ4v) is 2.07. The average molecular weight is 244 g/mol. The lowest BCUT2D eigenvalue weighted by molar-refractivity contribution is -0.130. The summed E-state index contributed by atoms with van der Waals surface area (Å²) >= 11 is 0. The van der Waals surface area contributed by atoms with Gasteiger partial charge in [0.1, 0.15) is 11.9 Å². The third-order valence-corrected chi connectivity index (χ3v) is 3.04. The minimum Gasteiger partial charge on any atom is -0.359 e. The van der Waals surface area contributed by atoms with Crippen LogP contribution in [0, 0.1) is 11.3 Å². The third-order valence-electron chi connectivity index (χ3n) is 3.04. The molecule has 94 valence electrons. The molecule has 1 unspecified atom stereocenters. The summed E-state index contributed by atoms with van der Waals surface area (Å²) in [6, 6.07) is 5.02. The monoisotopic (exact) mass is 244 g/mol. The van der Waals surface area contributed by atoms with Gasteiger partial charge in [0.15, 0.2) is 0 Å². The molecular formula is C13H16N4O. The third kappa shape index (κ3) is 2.77. The Labute approximate surface area is 106 Å². The topological polar surface area (TPSA) is 69.0 Å². The summed E-state index contributed by atoms with van der Waals surface area (Å²) in [5.74, 6) is 0.658. The molecule has 1 aromatic rings. The van der Waals surface area contributed by atoms with Crippen molar-refractivity contribution >= 4 is 11.7 Å². The minimum absolute atomic E-state index is 0.0941. The van der Waals surface area contributed by atoms with E-state index in [4.69, 9.17) is 5.26 Å². The van der Waals surface area contributed by atoms with E-state index in [0.717, 1.165) is 25.9 Å². The summed E-state index contributed by atoms with van der Waals surface area (Å²) in [5.41, 5.74) is 0.535. The van der Waals surface area contributed by atoms with E-state index in [1.165, 1.54) is 0 Å². The van der Waals surface area contributed by atoms with Gasteiger partial charge in [-0.05, 0) is 31.9 Å². The summed E-state index contributed by atoms with van der Waals surface area (Å²) < 4.78 is 0. The predicted octanol–water partition coefficient (Wildman–Crippen LogP) is 1.38. The van der Waals surface area contributed by atoms with E-state index in [2.05, 4.69) is 10.3 Å². The molecule has 0 bridgehead atoms. The zero-order valence-electron chi connectivity index (χ0n) is 10.4. The fourth-order valence-electron chi connectivity index (χ4n) is 2.07. The average Bonchev–Trinajstić information content (AvgIpc) is 2.92. The number of nitriles is 1. The van der Waals surface area contributed by atoms with Gasteiger partial charge in [-0.1, -0.05) is 0 Å². The van der Waals surface area contributed by atoms with E-state index in [1.54, 1.807) is 18.3 Å². The van der Waals surface area contributed by atoms with Crippen molar-refractivity contribution in [2.24, 2.45) is 0 Å². The first-order chi connectivity index (χ1) is 8.70. The molecule has 1 atom stereocenters. The molecule has 1 aromatic heterocycles. The first-order valence-electron chi connectivity index (χ1n) is 6.12. The normalized spacial score (nSPS) is 16.1.